The van der Waals surface area contributed by atoms with Crippen LogP contribution in [-0.2, 0) is 0 Å². The Bertz CT molecular complexity index is 340. The van der Waals surface area contributed by atoms with E-state index >= 15 is 0 Å². The molecule has 1 nitrogen and oxygen atoms in total. The lowest BCUT2D eigenvalue weighted by molar-refractivity contribution is 1.29. The van der Waals surface area contributed by atoms with E-state index in [1.807, 2.05) is 19.1 Å². The van der Waals surface area contributed by atoms with Gasteiger partial charge in [-0.1, -0.05) is 18.2 Å². The highest BCUT2D eigenvalue weighted by Crippen LogP contribution is 2.32. The van der Waals surface area contributed by atoms with Gasteiger partial charge in [-0.05, 0) is 56.5 Å². The average Bonchev–Trinajstić information content (AvgIpc) is 2.01. The Kier molecular flexibility index (Phi) is 4.48. The summed E-state index contributed by atoms with van der Waals surface area (Å²) in [4.78, 5) is 0. The third kappa shape index (κ3) is 3.30. The van der Waals surface area contributed by atoms with Crippen molar-refractivity contribution in [1.82, 2.24) is 0 Å². The minimum absolute atomic E-state index is 0.557. The minimum Gasteiger partial charge on any atom is -0.378 e. The van der Waals surface area contributed by atoms with Gasteiger partial charge in [0.15, 0.2) is 0 Å². The first-order valence-electron chi connectivity index (χ1n) is 4.03. The number of rotatable bonds is 3. The molecule has 0 aliphatic carbocycles. The van der Waals surface area contributed by atoms with Gasteiger partial charge in [0.05, 0.1) is 12.2 Å². The Balaban J connectivity index is 2.91. The molecule has 0 saturated carbocycles. The van der Waals surface area contributed by atoms with Gasteiger partial charge in [-0.15, -0.1) is 0 Å². The van der Waals surface area contributed by atoms with E-state index in [1.54, 1.807) is 0 Å². The molecule has 0 heterocycles. The van der Waals surface area contributed by atoms with Gasteiger partial charge in [-0.25, -0.2) is 0 Å². The molecule has 0 amide bonds. The first-order valence-corrected chi connectivity index (χ1v) is 6.00. The summed E-state index contributed by atoms with van der Waals surface area (Å²) in [5.41, 5.74) is 2.19. The molecule has 1 aromatic rings. The molecule has 0 bridgehead atoms. The van der Waals surface area contributed by atoms with Gasteiger partial charge in [0, 0.05) is 14.0 Å². The number of benzene rings is 1. The van der Waals surface area contributed by atoms with Crippen molar-refractivity contribution >= 4 is 49.1 Å². The van der Waals surface area contributed by atoms with E-state index in [1.165, 1.54) is 5.56 Å². The fraction of sp³-hybridized carbons (Fsp3) is 0.200. The standard InChI is InChI=1S/C10H10Br2ClN/c1-6-3-8(11)10(9(12)4-6)14-5-7(2)13/h3-4,14H,2,5H2,1H3. The number of hydrogen-bond donors (Lipinski definition) is 1. The van der Waals surface area contributed by atoms with E-state index in [0.717, 1.165) is 14.6 Å². The monoisotopic (exact) mass is 337 g/mol. The zero-order chi connectivity index (χ0) is 10.7. The molecular formula is C10H10Br2ClN. The van der Waals surface area contributed by atoms with Crippen LogP contribution in [0.4, 0.5) is 5.69 Å². The first kappa shape index (κ1) is 12.1. The Morgan fingerprint density at radius 1 is 1.43 bits per heavy atom. The molecule has 4 heteroatoms. The van der Waals surface area contributed by atoms with Crippen molar-refractivity contribution in [3.63, 3.8) is 0 Å². The van der Waals surface area contributed by atoms with Gasteiger partial charge in [0.2, 0.25) is 0 Å². The number of nitrogens with one attached hydrogen (secondary N) is 1. The topological polar surface area (TPSA) is 12.0 Å². The number of aryl methyl sites for hydroxylation is 1. The quantitative estimate of drug-likeness (QED) is 0.843. The van der Waals surface area contributed by atoms with Gasteiger partial charge in [-0.2, -0.15) is 0 Å². The second-order valence-electron chi connectivity index (χ2n) is 2.97. The zero-order valence-electron chi connectivity index (χ0n) is 7.70. The molecule has 0 aliphatic heterocycles. The van der Waals surface area contributed by atoms with E-state index in [9.17, 15) is 0 Å². The van der Waals surface area contributed by atoms with Crippen LogP contribution in [0.25, 0.3) is 0 Å². The molecule has 0 fully saturated rings. The van der Waals surface area contributed by atoms with Crippen molar-refractivity contribution in [1.29, 1.82) is 0 Å². The third-order valence-electron chi connectivity index (χ3n) is 1.64. The molecule has 1 rings (SSSR count). The van der Waals surface area contributed by atoms with Gasteiger partial charge in [0.25, 0.3) is 0 Å². The molecular weight excluding hydrogens is 329 g/mol. The maximum atomic E-state index is 5.68. The summed E-state index contributed by atoms with van der Waals surface area (Å²) < 4.78 is 2.03. The van der Waals surface area contributed by atoms with Crippen LogP contribution >= 0.6 is 43.5 Å². The van der Waals surface area contributed by atoms with Crippen LogP contribution in [0.3, 0.4) is 0 Å². The molecule has 0 unspecified atom stereocenters. The molecule has 1 N–H and O–H groups in total. The van der Waals surface area contributed by atoms with E-state index in [0.29, 0.717) is 11.6 Å². The third-order valence-corrected chi connectivity index (χ3v) is 3.03. The van der Waals surface area contributed by atoms with Crippen LogP contribution in [0.2, 0.25) is 0 Å². The average molecular weight is 339 g/mol. The fourth-order valence-electron chi connectivity index (χ4n) is 1.05. The highest BCUT2D eigenvalue weighted by atomic mass is 79.9. The van der Waals surface area contributed by atoms with Crippen molar-refractivity contribution in [2.45, 2.75) is 6.92 Å². The van der Waals surface area contributed by atoms with E-state index in [-0.39, 0.29) is 0 Å². The second-order valence-corrected chi connectivity index (χ2v) is 5.22. The van der Waals surface area contributed by atoms with Crippen molar-refractivity contribution in [2.24, 2.45) is 0 Å². The van der Waals surface area contributed by atoms with Crippen LogP contribution in [0.15, 0.2) is 32.7 Å². The SMILES string of the molecule is C=C(Cl)CNc1c(Br)cc(C)cc1Br. The zero-order valence-corrected chi connectivity index (χ0v) is 11.6. The van der Waals surface area contributed by atoms with Crippen LogP contribution in [-0.4, -0.2) is 6.54 Å². The summed E-state index contributed by atoms with van der Waals surface area (Å²) in [6, 6.07) is 4.09. The molecule has 14 heavy (non-hydrogen) atoms. The summed E-state index contributed by atoms with van der Waals surface area (Å²) in [6.07, 6.45) is 0. The summed E-state index contributed by atoms with van der Waals surface area (Å²) in [6.45, 7) is 6.22. The molecule has 0 saturated heterocycles. The number of halogens is 3. The van der Waals surface area contributed by atoms with Crippen LogP contribution in [0, 0.1) is 6.92 Å². The van der Waals surface area contributed by atoms with Gasteiger partial charge >= 0.3 is 0 Å². The number of hydrogen-bond acceptors (Lipinski definition) is 1. The maximum Gasteiger partial charge on any atom is 0.0632 e. The van der Waals surface area contributed by atoms with E-state index in [2.05, 4.69) is 43.8 Å². The van der Waals surface area contributed by atoms with Crippen molar-refractivity contribution in [2.75, 3.05) is 11.9 Å². The Morgan fingerprint density at radius 2 is 1.93 bits per heavy atom. The van der Waals surface area contributed by atoms with Crippen molar-refractivity contribution in [3.8, 4) is 0 Å². The molecule has 76 valence electrons. The van der Waals surface area contributed by atoms with E-state index < -0.39 is 0 Å². The highest BCUT2D eigenvalue weighted by molar-refractivity contribution is 9.11. The molecule has 0 aromatic heterocycles. The summed E-state index contributed by atoms with van der Waals surface area (Å²) >= 11 is 12.6. The van der Waals surface area contributed by atoms with Crippen LogP contribution in [0.1, 0.15) is 5.56 Å². The summed E-state index contributed by atoms with van der Waals surface area (Å²) in [5.74, 6) is 0. The van der Waals surface area contributed by atoms with E-state index in [4.69, 9.17) is 11.6 Å². The van der Waals surface area contributed by atoms with Gasteiger partial charge in [0.1, 0.15) is 0 Å². The Morgan fingerprint density at radius 3 is 2.36 bits per heavy atom. The predicted octanol–water partition coefficient (Wildman–Crippen LogP) is 4.68. The first-order chi connectivity index (χ1) is 6.50. The van der Waals surface area contributed by atoms with Crippen molar-refractivity contribution < 1.29 is 0 Å². The lowest BCUT2D eigenvalue weighted by Gasteiger charge is -2.10. The maximum absolute atomic E-state index is 5.68. The smallest absolute Gasteiger partial charge is 0.0632 e. The second kappa shape index (κ2) is 5.19. The molecule has 0 radical (unpaired) electrons. The van der Waals surface area contributed by atoms with Crippen molar-refractivity contribution in [3.05, 3.63) is 38.3 Å². The summed E-state index contributed by atoms with van der Waals surface area (Å²) in [5, 5.41) is 3.77. The predicted molar refractivity (Wildman–Crippen MR) is 70.1 cm³/mol. The van der Waals surface area contributed by atoms with Crippen LogP contribution < -0.4 is 5.32 Å². The summed E-state index contributed by atoms with van der Waals surface area (Å²) in [7, 11) is 0. The fourth-order valence-corrected chi connectivity index (χ4v) is 2.82. The van der Waals surface area contributed by atoms with Gasteiger partial charge in [-0.3, -0.25) is 0 Å². The lowest BCUT2D eigenvalue weighted by Crippen LogP contribution is -2.02. The molecule has 0 atom stereocenters. The molecule has 0 spiro atoms. The Hall–Kier alpha value is 0.01000. The highest BCUT2D eigenvalue weighted by Gasteiger charge is 2.05. The minimum atomic E-state index is 0.557. The Labute approximate surface area is 106 Å². The largest absolute Gasteiger partial charge is 0.378 e. The van der Waals surface area contributed by atoms with Crippen LogP contribution in [0.5, 0.6) is 0 Å². The normalized spacial score (nSPS) is 10.0. The van der Waals surface area contributed by atoms with Gasteiger partial charge < -0.3 is 5.32 Å². The lowest BCUT2D eigenvalue weighted by atomic mass is 10.2. The number of anilines is 1. The molecule has 1 aromatic carbocycles. The molecule has 0 aliphatic rings.